The summed E-state index contributed by atoms with van der Waals surface area (Å²) in [6.45, 7) is 1.16. The first-order valence-corrected chi connectivity index (χ1v) is 3.92. The lowest BCUT2D eigenvalue weighted by molar-refractivity contribution is 0.332. The van der Waals surface area contributed by atoms with Crippen molar-refractivity contribution in [3.8, 4) is 0 Å². The van der Waals surface area contributed by atoms with Gasteiger partial charge in [-0.25, -0.2) is 0 Å². The Morgan fingerprint density at radius 2 is 2.75 bits per heavy atom. The lowest BCUT2D eigenvalue weighted by Gasteiger charge is -2.10. The van der Waals surface area contributed by atoms with E-state index < -0.39 is 0 Å². The molecule has 0 aromatic heterocycles. The highest BCUT2D eigenvalue weighted by Gasteiger charge is 2.25. The highest BCUT2D eigenvalue weighted by Crippen LogP contribution is 2.28. The van der Waals surface area contributed by atoms with Gasteiger partial charge in [0.15, 0.2) is 0 Å². The molecule has 0 aromatic rings. The van der Waals surface area contributed by atoms with Crippen LogP contribution in [0.15, 0.2) is 5.10 Å². The molecule has 2 aliphatic heterocycles. The molecule has 44 valence electrons. The van der Waals surface area contributed by atoms with Gasteiger partial charge in [-0.1, -0.05) is 0 Å². The molecule has 2 nitrogen and oxygen atoms in total. The average Bonchev–Trinajstić information content (AvgIpc) is 2.15. The zero-order valence-electron chi connectivity index (χ0n) is 4.58. The number of rotatable bonds is 0. The van der Waals surface area contributed by atoms with Crippen molar-refractivity contribution in [3.05, 3.63) is 0 Å². The molecule has 1 fully saturated rings. The first kappa shape index (κ1) is 4.68. The number of hydrazone groups is 1. The minimum Gasteiger partial charge on any atom is -0.283 e. The van der Waals surface area contributed by atoms with Gasteiger partial charge < -0.3 is 0 Å². The Kier molecular flexibility index (Phi) is 0.966. The van der Waals surface area contributed by atoms with Crippen LogP contribution in [0.4, 0.5) is 0 Å². The summed E-state index contributed by atoms with van der Waals surface area (Å²) in [7, 11) is 0. The third-order valence-corrected chi connectivity index (χ3v) is 2.74. The standard InChI is InChI=1S/C5H8N2S/c1-2-6-7-3-4-8-5(1)7/h2,5H,1,3-4H2. The molecule has 1 saturated heterocycles. The van der Waals surface area contributed by atoms with Crippen LogP contribution in [-0.4, -0.2) is 28.9 Å². The lowest BCUT2D eigenvalue weighted by Crippen LogP contribution is -2.16. The fraction of sp³-hybridized carbons (Fsp3) is 0.800. The van der Waals surface area contributed by atoms with Crippen LogP contribution in [-0.2, 0) is 0 Å². The Morgan fingerprint density at radius 3 is 3.62 bits per heavy atom. The van der Waals surface area contributed by atoms with Crippen molar-refractivity contribution in [1.29, 1.82) is 0 Å². The van der Waals surface area contributed by atoms with E-state index in [9.17, 15) is 0 Å². The van der Waals surface area contributed by atoms with E-state index in [2.05, 4.69) is 10.1 Å². The number of hydrogen-bond acceptors (Lipinski definition) is 3. The Bertz CT molecular complexity index is 124. The van der Waals surface area contributed by atoms with Gasteiger partial charge in [0, 0.05) is 24.9 Å². The summed E-state index contributed by atoms with van der Waals surface area (Å²) in [5.74, 6) is 1.27. The second-order valence-electron chi connectivity index (χ2n) is 2.02. The van der Waals surface area contributed by atoms with Gasteiger partial charge >= 0.3 is 0 Å². The van der Waals surface area contributed by atoms with Crippen molar-refractivity contribution >= 4 is 18.0 Å². The van der Waals surface area contributed by atoms with Gasteiger partial charge in [0.2, 0.25) is 0 Å². The Hall–Kier alpha value is -0.180. The van der Waals surface area contributed by atoms with Crippen LogP contribution in [0.2, 0.25) is 0 Å². The number of thioether (sulfide) groups is 1. The number of hydrogen-bond donors (Lipinski definition) is 0. The van der Waals surface area contributed by atoms with Gasteiger partial charge in [0.25, 0.3) is 0 Å². The van der Waals surface area contributed by atoms with Crippen LogP contribution in [0.5, 0.6) is 0 Å². The van der Waals surface area contributed by atoms with Crippen molar-refractivity contribution in [2.24, 2.45) is 5.10 Å². The van der Waals surface area contributed by atoms with Crippen LogP contribution in [0.25, 0.3) is 0 Å². The summed E-state index contributed by atoms with van der Waals surface area (Å²) in [5, 5.41) is 7.06. The predicted octanol–water partition coefficient (Wildman–Crippen LogP) is 0.751. The van der Waals surface area contributed by atoms with Crippen LogP contribution >= 0.6 is 11.8 Å². The Labute approximate surface area is 52.9 Å². The molecule has 0 N–H and O–H groups in total. The molecule has 0 radical (unpaired) electrons. The highest BCUT2D eigenvalue weighted by molar-refractivity contribution is 8.00. The normalized spacial score (nSPS) is 34.0. The second kappa shape index (κ2) is 1.65. The molecule has 0 bridgehead atoms. The summed E-state index contributed by atoms with van der Waals surface area (Å²) in [6.07, 6.45) is 3.17. The van der Waals surface area contributed by atoms with E-state index in [1.807, 2.05) is 18.0 Å². The number of fused-ring (bicyclic) bond motifs is 1. The van der Waals surface area contributed by atoms with Crippen molar-refractivity contribution in [2.75, 3.05) is 12.3 Å². The van der Waals surface area contributed by atoms with E-state index in [0.717, 1.165) is 13.0 Å². The van der Waals surface area contributed by atoms with Crippen molar-refractivity contribution < 1.29 is 0 Å². The maximum Gasteiger partial charge on any atom is 0.0973 e. The molecule has 2 heterocycles. The molecular weight excluding hydrogens is 120 g/mol. The van der Waals surface area contributed by atoms with Crippen molar-refractivity contribution in [1.82, 2.24) is 5.01 Å². The smallest absolute Gasteiger partial charge is 0.0973 e. The first-order valence-electron chi connectivity index (χ1n) is 2.87. The molecule has 0 aliphatic carbocycles. The van der Waals surface area contributed by atoms with Crippen LogP contribution in [0.3, 0.4) is 0 Å². The van der Waals surface area contributed by atoms with Crippen LogP contribution in [0, 0.1) is 0 Å². The molecule has 0 saturated carbocycles. The monoisotopic (exact) mass is 128 g/mol. The van der Waals surface area contributed by atoms with E-state index in [1.165, 1.54) is 5.75 Å². The van der Waals surface area contributed by atoms with E-state index >= 15 is 0 Å². The van der Waals surface area contributed by atoms with Crippen molar-refractivity contribution in [2.45, 2.75) is 11.8 Å². The molecule has 3 heteroatoms. The van der Waals surface area contributed by atoms with E-state index in [1.54, 1.807) is 0 Å². The molecule has 2 aliphatic rings. The van der Waals surface area contributed by atoms with Crippen LogP contribution < -0.4 is 0 Å². The third-order valence-electron chi connectivity index (χ3n) is 1.50. The number of nitrogens with zero attached hydrogens (tertiary/aromatic N) is 2. The predicted molar refractivity (Wildman–Crippen MR) is 36.1 cm³/mol. The molecule has 0 aromatic carbocycles. The maximum atomic E-state index is 4.19. The van der Waals surface area contributed by atoms with Gasteiger partial charge in [-0.2, -0.15) is 5.10 Å². The Morgan fingerprint density at radius 1 is 1.75 bits per heavy atom. The minimum atomic E-state index is 0.704. The average molecular weight is 128 g/mol. The fourth-order valence-electron chi connectivity index (χ4n) is 1.08. The summed E-state index contributed by atoms with van der Waals surface area (Å²) < 4.78 is 0. The summed E-state index contributed by atoms with van der Waals surface area (Å²) in [4.78, 5) is 0. The van der Waals surface area contributed by atoms with Gasteiger partial charge in [0.05, 0.1) is 5.37 Å². The topological polar surface area (TPSA) is 15.6 Å². The molecular formula is C5H8N2S. The molecule has 1 unspecified atom stereocenters. The Balaban J connectivity index is 2.13. The lowest BCUT2D eigenvalue weighted by atomic mass is 10.5. The van der Waals surface area contributed by atoms with Gasteiger partial charge in [-0.05, 0) is 0 Å². The largest absolute Gasteiger partial charge is 0.283 e. The van der Waals surface area contributed by atoms with Crippen molar-refractivity contribution in [3.63, 3.8) is 0 Å². The zero-order valence-corrected chi connectivity index (χ0v) is 5.40. The zero-order chi connectivity index (χ0) is 5.40. The fourth-order valence-corrected chi connectivity index (χ4v) is 2.19. The second-order valence-corrected chi connectivity index (χ2v) is 3.31. The van der Waals surface area contributed by atoms with E-state index in [-0.39, 0.29) is 0 Å². The molecule has 0 spiro atoms. The molecule has 0 amide bonds. The molecule has 1 atom stereocenters. The van der Waals surface area contributed by atoms with Gasteiger partial charge in [-0.3, -0.25) is 5.01 Å². The summed E-state index contributed by atoms with van der Waals surface area (Å²) in [6, 6.07) is 0. The maximum absolute atomic E-state index is 4.19. The quantitative estimate of drug-likeness (QED) is 0.478. The SMILES string of the molecule is C1=NN2CCSC2C1. The van der Waals surface area contributed by atoms with E-state index in [0.29, 0.717) is 5.37 Å². The highest BCUT2D eigenvalue weighted by atomic mass is 32.2. The first-order chi connectivity index (χ1) is 3.97. The van der Waals surface area contributed by atoms with E-state index in [4.69, 9.17) is 0 Å². The molecule has 8 heavy (non-hydrogen) atoms. The van der Waals surface area contributed by atoms with Gasteiger partial charge in [0.1, 0.15) is 0 Å². The van der Waals surface area contributed by atoms with Gasteiger partial charge in [-0.15, -0.1) is 11.8 Å². The summed E-state index contributed by atoms with van der Waals surface area (Å²) in [5.41, 5.74) is 0. The molecule has 2 rings (SSSR count). The minimum absolute atomic E-state index is 0.704. The van der Waals surface area contributed by atoms with Crippen LogP contribution in [0.1, 0.15) is 6.42 Å². The third kappa shape index (κ3) is 0.540. The summed E-state index contributed by atoms with van der Waals surface area (Å²) >= 11 is 2.01.